The predicted molar refractivity (Wildman–Crippen MR) is 60.2 cm³/mol. The van der Waals surface area contributed by atoms with Crippen LogP contribution in [-0.4, -0.2) is 28.8 Å². The first-order valence-corrected chi connectivity index (χ1v) is 5.09. The standard InChI is InChI=1S/C11H9F2N3O3/c1-6(5-14)15(2)11(17)7-3-8(12)9(13)4-10(7)16(18)19/h3-4,6H,1-2H3. The molecule has 0 bridgehead atoms. The SMILES string of the molecule is CC(C#N)N(C)C(=O)c1cc(F)c(F)cc1[N+](=O)[O-]. The number of hydrogen-bond donors (Lipinski definition) is 0. The molecule has 1 aromatic carbocycles. The average molecular weight is 269 g/mol. The van der Waals surface area contributed by atoms with E-state index in [0.717, 1.165) is 4.90 Å². The lowest BCUT2D eigenvalue weighted by Crippen LogP contribution is -2.34. The summed E-state index contributed by atoms with van der Waals surface area (Å²) in [5.41, 5.74) is -1.45. The molecule has 0 heterocycles. The molecule has 0 radical (unpaired) electrons. The zero-order chi connectivity index (χ0) is 14.7. The number of nitro benzene ring substituents is 1. The third kappa shape index (κ3) is 2.82. The van der Waals surface area contributed by atoms with E-state index in [-0.39, 0.29) is 0 Å². The van der Waals surface area contributed by atoms with Gasteiger partial charge in [-0.05, 0) is 13.0 Å². The summed E-state index contributed by atoms with van der Waals surface area (Å²) in [5, 5.41) is 19.4. The van der Waals surface area contributed by atoms with E-state index in [9.17, 15) is 23.7 Å². The maximum absolute atomic E-state index is 13.1. The minimum Gasteiger partial charge on any atom is -0.326 e. The topological polar surface area (TPSA) is 87.2 Å². The fraction of sp³-hybridized carbons (Fsp3) is 0.273. The lowest BCUT2D eigenvalue weighted by Gasteiger charge is -2.19. The molecule has 0 aromatic heterocycles. The monoisotopic (exact) mass is 269 g/mol. The number of halogens is 2. The van der Waals surface area contributed by atoms with Gasteiger partial charge >= 0.3 is 0 Å². The summed E-state index contributed by atoms with van der Waals surface area (Å²) >= 11 is 0. The molecular formula is C11H9F2N3O3. The molecule has 0 N–H and O–H groups in total. The molecule has 0 saturated heterocycles. The molecule has 0 saturated carbocycles. The highest BCUT2D eigenvalue weighted by Gasteiger charge is 2.27. The smallest absolute Gasteiger partial charge is 0.285 e. The van der Waals surface area contributed by atoms with Crippen LogP contribution in [0.4, 0.5) is 14.5 Å². The van der Waals surface area contributed by atoms with E-state index >= 15 is 0 Å². The van der Waals surface area contributed by atoms with Gasteiger partial charge in [0.2, 0.25) is 0 Å². The zero-order valence-electron chi connectivity index (χ0n) is 10.1. The molecule has 1 amide bonds. The third-order valence-electron chi connectivity index (χ3n) is 2.55. The van der Waals surface area contributed by atoms with Crippen molar-refractivity contribution in [2.45, 2.75) is 13.0 Å². The van der Waals surface area contributed by atoms with Gasteiger partial charge in [0.25, 0.3) is 11.6 Å². The van der Waals surface area contributed by atoms with E-state index in [4.69, 9.17) is 5.26 Å². The molecule has 0 spiro atoms. The van der Waals surface area contributed by atoms with Crippen LogP contribution in [0.3, 0.4) is 0 Å². The van der Waals surface area contributed by atoms with Gasteiger partial charge in [0.15, 0.2) is 11.6 Å². The van der Waals surface area contributed by atoms with E-state index in [1.54, 1.807) is 6.07 Å². The van der Waals surface area contributed by atoms with E-state index in [1.165, 1.54) is 14.0 Å². The van der Waals surface area contributed by atoms with Gasteiger partial charge in [-0.25, -0.2) is 8.78 Å². The Bertz CT molecular complexity index is 583. The van der Waals surface area contributed by atoms with Crippen LogP contribution in [0.2, 0.25) is 0 Å². The molecular weight excluding hydrogens is 260 g/mol. The van der Waals surface area contributed by atoms with Crippen LogP contribution < -0.4 is 0 Å². The van der Waals surface area contributed by atoms with Crippen molar-refractivity contribution in [1.82, 2.24) is 4.90 Å². The van der Waals surface area contributed by atoms with Crippen molar-refractivity contribution in [3.8, 4) is 6.07 Å². The van der Waals surface area contributed by atoms with Gasteiger partial charge in [0.05, 0.1) is 17.1 Å². The number of nitrogens with zero attached hydrogens (tertiary/aromatic N) is 3. The molecule has 0 aliphatic carbocycles. The molecule has 6 nitrogen and oxygen atoms in total. The van der Waals surface area contributed by atoms with Crippen LogP contribution in [0.15, 0.2) is 12.1 Å². The van der Waals surface area contributed by atoms with Crippen LogP contribution in [-0.2, 0) is 0 Å². The molecule has 1 atom stereocenters. The minimum atomic E-state index is -1.42. The summed E-state index contributed by atoms with van der Waals surface area (Å²) in [6.45, 7) is 1.39. The fourth-order valence-electron chi connectivity index (χ4n) is 1.31. The number of rotatable bonds is 3. The first-order valence-electron chi connectivity index (χ1n) is 5.09. The van der Waals surface area contributed by atoms with E-state index < -0.39 is 39.8 Å². The summed E-state index contributed by atoms with van der Waals surface area (Å²) in [6, 6.07) is 1.69. The van der Waals surface area contributed by atoms with Gasteiger partial charge in [0.1, 0.15) is 11.6 Å². The van der Waals surface area contributed by atoms with Crippen molar-refractivity contribution < 1.29 is 18.5 Å². The molecule has 1 aromatic rings. The summed E-state index contributed by atoms with van der Waals surface area (Å²) in [4.78, 5) is 22.6. The van der Waals surface area contributed by atoms with Gasteiger partial charge in [-0.3, -0.25) is 14.9 Å². The predicted octanol–water partition coefficient (Wildman–Crippen LogP) is 1.86. The number of amides is 1. The number of carbonyl (C=O) groups is 1. The van der Waals surface area contributed by atoms with Crippen molar-refractivity contribution >= 4 is 11.6 Å². The van der Waals surface area contributed by atoms with Crippen LogP contribution in [0.25, 0.3) is 0 Å². The number of benzene rings is 1. The van der Waals surface area contributed by atoms with Crippen molar-refractivity contribution in [3.63, 3.8) is 0 Å². The Morgan fingerprint density at radius 3 is 2.47 bits per heavy atom. The van der Waals surface area contributed by atoms with Crippen molar-refractivity contribution in [2.24, 2.45) is 0 Å². The largest absolute Gasteiger partial charge is 0.326 e. The van der Waals surface area contributed by atoms with E-state index in [2.05, 4.69) is 0 Å². The van der Waals surface area contributed by atoms with Crippen LogP contribution >= 0.6 is 0 Å². The Hall–Kier alpha value is -2.56. The Kier molecular flexibility index (Phi) is 4.11. The molecule has 100 valence electrons. The fourth-order valence-corrected chi connectivity index (χ4v) is 1.31. The zero-order valence-corrected chi connectivity index (χ0v) is 10.1. The normalized spacial score (nSPS) is 11.5. The van der Waals surface area contributed by atoms with Gasteiger partial charge in [-0.15, -0.1) is 0 Å². The lowest BCUT2D eigenvalue weighted by atomic mass is 10.1. The highest BCUT2D eigenvalue weighted by Crippen LogP contribution is 2.23. The highest BCUT2D eigenvalue weighted by atomic mass is 19.2. The number of hydrogen-bond acceptors (Lipinski definition) is 4. The van der Waals surface area contributed by atoms with E-state index in [1.807, 2.05) is 0 Å². The third-order valence-corrected chi connectivity index (χ3v) is 2.55. The molecule has 0 aliphatic heterocycles. The Morgan fingerprint density at radius 2 is 2.00 bits per heavy atom. The summed E-state index contributed by atoms with van der Waals surface area (Å²) in [6.07, 6.45) is 0. The maximum Gasteiger partial charge on any atom is 0.285 e. The quantitative estimate of drug-likeness (QED) is 0.619. The molecule has 0 aliphatic rings. The number of carbonyl (C=O) groups excluding carboxylic acids is 1. The Balaban J connectivity index is 3.34. The minimum absolute atomic E-state index is 0.341. The summed E-state index contributed by atoms with van der Waals surface area (Å²) in [5.74, 6) is -3.72. The Labute approximate surface area is 107 Å². The maximum atomic E-state index is 13.1. The molecule has 0 fully saturated rings. The number of nitriles is 1. The van der Waals surface area contributed by atoms with Gasteiger partial charge in [-0.1, -0.05) is 0 Å². The van der Waals surface area contributed by atoms with E-state index in [0.29, 0.717) is 12.1 Å². The molecule has 8 heteroatoms. The van der Waals surface area contributed by atoms with Crippen LogP contribution in [0, 0.1) is 33.1 Å². The summed E-state index contributed by atoms with van der Waals surface area (Å²) < 4.78 is 26.0. The first-order chi connectivity index (χ1) is 8.79. The van der Waals surface area contributed by atoms with Gasteiger partial charge in [-0.2, -0.15) is 5.26 Å². The van der Waals surface area contributed by atoms with Gasteiger partial charge in [0, 0.05) is 7.05 Å². The summed E-state index contributed by atoms with van der Waals surface area (Å²) in [7, 11) is 1.24. The van der Waals surface area contributed by atoms with Crippen LogP contribution in [0.1, 0.15) is 17.3 Å². The molecule has 19 heavy (non-hydrogen) atoms. The highest BCUT2D eigenvalue weighted by molar-refractivity contribution is 5.98. The second-order valence-corrected chi connectivity index (χ2v) is 3.76. The second-order valence-electron chi connectivity index (χ2n) is 3.76. The first kappa shape index (κ1) is 14.5. The second kappa shape index (κ2) is 5.39. The van der Waals surface area contributed by atoms with Crippen molar-refractivity contribution in [1.29, 1.82) is 5.26 Å². The van der Waals surface area contributed by atoms with Crippen molar-refractivity contribution in [2.75, 3.05) is 7.05 Å². The van der Waals surface area contributed by atoms with Gasteiger partial charge < -0.3 is 4.90 Å². The molecule has 1 unspecified atom stereocenters. The van der Waals surface area contributed by atoms with Crippen LogP contribution in [0.5, 0.6) is 0 Å². The average Bonchev–Trinajstić information content (AvgIpc) is 2.38. The lowest BCUT2D eigenvalue weighted by molar-refractivity contribution is -0.385. The molecule has 1 rings (SSSR count). The van der Waals surface area contributed by atoms with Crippen molar-refractivity contribution in [3.05, 3.63) is 39.4 Å². The Morgan fingerprint density at radius 1 is 1.47 bits per heavy atom. The number of nitro groups is 1.